The molecule has 0 aromatic heterocycles. The molecule has 1 atom stereocenters. The van der Waals surface area contributed by atoms with Crippen molar-refractivity contribution in [2.75, 3.05) is 25.1 Å². The van der Waals surface area contributed by atoms with Gasteiger partial charge in [-0.3, -0.25) is 0 Å². The highest BCUT2D eigenvalue weighted by Gasteiger charge is 2.48. The molecule has 1 fully saturated rings. The molecule has 0 aliphatic carbocycles. The Morgan fingerprint density at radius 3 is 2.42 bits per heavy atom. The molecule has 8 heteroatoms. The molecule has 4 nitrogen and oxygen atoms in total. The van der Waals surface area contributed by atoms with Crippen molar-refractivity contribution in [1.82, 2.24) is 0 Å². The molecule has 26 heavy (non-hydrogen) atoms. The molecule has 0 bridgehead atoms. The maximum Gasteiger partial charge on any atom is 0.501 e. The lowest BCUT2D eigenvalue weighted by Crippen LogP contribution is -2.27. The van der Waals surface area contributed by atoms with Crippen LogP contribution in [0.2, 0.25) is 0 Å². The van der Waals surface area contributed by atoms with Crippen molar-refractivity contribution < 1.29 is 26.3 Å². The number of para-hydroxylation sites is 2. The molecule has 0 amide bonds. The second-order valence-electron chi connectivity index (χ2n) is 6.09. The lowest BCUT2D eigenvalue weighted by molar-refractivity contribution is -0.0435. The number of methoxy groups -OCH3 is 1. The van der Waals surface area contributed by atoms with Gasteiger partial charge >= 0.3 is 5.51 Å². The van der Waals surface area contributed by atoms with Gasteiger partial charge < -0.3 is 9.64 Å². The molecule has 3 rings (SSSR count). The van der Waals surface area contributed by atoms with Gasteiger partial charge in [-0.15, -0.1) is 0 Å². The lowest BCUT2D eigenvalue weighted by Gasteiger charge is -2.23. The summed E-state index contributed by atoms with van der Waals surface area (Å²) in [5.41, 5.74) is -4.28. The number of nitrogens with zero attached hydrogens (tertiary/aromatic N) is 1. The highest BCUT2D eigenvalue weighted by atomic mass is 32.2. The van der Waals surface area contributed by atoms with E-state index in [0.29, 0.717) is 19.5 Å². The predicted octanol–water partition coefficient (Wildman–Crippen LogP) is 3.98. The number of hydrogen-bond donors (Lipinski definition) is 0. The maximum absolute atomic E-state index is 13.0. The highest BCUT2D eigenvalue weighted by Crippen LogP contribution is 2.40. The smallest absolute Gasteiger partial charge is 0.496 e. The van der Waals surface area contributed by atoms with E-state index in [1.807, 2.05) is 24.3 Å². The number of benzene rings is 2. The third kappa shape index (κ3) is 3.25. The molecule has 1 unspecified atom stereocenters. The Kier molecular flexibility index (Phi) is 4.88. The zero-order chi connectivity index (χ0) is 18.9. The minimum Gasteiger partial charge on any atom is -0.496 e. The minimum atomic E-state index is -5.41. The number of ether oxygens (including phenoxy) is 1. The van der Waals surface area contributed by atoms with Crippen LogP contribution in [-0.4, -0.2) is 34.1 Å². The standard InChI is InChI=1S/C18H18F3NO3S/c1-25-16-8-4-2-6-14(16)13-10-11-22(12-13)15-7-3-5-9-17(15)26(23,24)18(19,20)21/h2-9,13H,10-12H2,1H3. The first-order valence-electron chi connectivity index (χ1n) is 8.04. The number of rotatable bonds is 4. The molecule has 2 aromatic carbocycles. The summed E-state index contributed by atoms with van der Waals surface area (Å²) in [5.74, 6) is 0.767. The van der Waals surface area contributed by atoms with E-state index < -0.39 is 20.2 Å². The fourth-order valence-electron chi connectivity index (χ4n) is 3.31. The zero-order valence-electron chi connectivity index (χ0n) is 14.0. The molecule has 1 heterocycles. The summed E-state index contributed by atoms with van der Waals surface area (Å²) in [6.07, 6.45) is 0.695. The van der Waals surface area contributed by atoms with E-state index in [1.165, 1.54) is 12.1 Å². The summed E-state index contributed by atoms with van der Waals surface area (Å²) < 4.78 is 68.2. The van der Waals surface area contributed by atoms with Gasteiger partial charge in [0.2, 0.25) is 0 Å². The average Bonchev–Trinajstić information content (AvgIpc) is 3.10. The largest absolute Gasteiger partial charge is 0.501 e. The van der Waals surface area contributed by atoms with Crippen LogP contribution in [0.25, 0.3) is 0 Å². The lowest BCUT2D eigenvalue weighted by atomic mass is 9.97. The van der Waals surface area contributed by atoms with Gasteiger partial charge in [-0.2, -0.15) is 13.2 Å². The molecule has 1 aliphatic rings. The highest BCUT2D eigenvalue weighted by molar-refractivity contribution is 7.92. The topological polar surface area (TPSA) is 46.6 Å². The fourth-order valence-corrected chi connectivity index (χ4v) is 4.29. The van der Waals surface area contributed by atoms with Gasteiger partial charge in [-0.05, 0) is 30.2 Å². The van der Waals surface area contributed by atoms with Gasteiger partial charge in [0.25, 0.3) is 9.84 Å². The van der Waals surface area contributed by atoms with E-state index in [4.69, 9.17) is 4.74 Å². The number of anilines is 1. The maximum atomic E-state index is 13.0. The summed E-state index contributed by atoms with van der Waals surface area (Å²) >= 11 is 0. The number of halogens is 3. The first-order valence-corrected chi connectivity index (χ1v) is 9.52. The predicted molar refractivity (Wildman–Crippen MR) is 92.2 cm³/mol. The molecule has 2 aromatic rings. The van der Waals surface area contributed by atoms with E-state index in [1.54, 1.807) is 18.1 Å². The molecule has 1 saturated heterocycles. The Hall–Kier alpha value is -2.22. The summed E-state index contributed by atoms with van der Waals surface area (Å²) in [6.45, 7) is 0.887. The van der Waals surface area contributed by atoms with Gasteiger partial charge in [0, 0.05) is 19.0 Å². The van der Waals surface area contributed by atoms with Gasteiger partial charge in [-0.25, -0.2) is 8.42 Å². The molecule has 140 valence electrons. The van der Waals surface area contributed by atoms with Crippen molar-refractivity contribution in [3.63, 3.8) is 0 Å². The van der Waals surface area contributed by atoms with Crippen molar-refractivity contribution in [3.05, 3.63) is 54.1 Å². The van der Waals surface area contributed by atoms with Crippen LogP contribution in [0.3, 0.4) is 0 Å². The molecule has 1 aliphatic heterocycles. The molecule has 0 spiro atoms. The molecular weight excluding hydrogens is 367 g/mol. The molecule has 0 N–H and O–H groups in total. The SMILES string of the molecule is COc1ccccc1C1CCN(c2ccccc2S(=O)(=O)C(F)(F)F)C1. The van der Waals surface area contributed by atoms with Crippen molar-refractivity contribution in [1.29, 1.82) is 0 Å². The van der Waals surface area contributed by atoms with Crippen molar-refractivity contribution in [2.45, 2.75) is 22.7 Å². The van der Waals surface area contributed by atoms with E-state index in [2.05, 4.69) is 0 Å². The van der Waals surface area contributed by atoms with Crippen LogP contribution in [0.1, 0.15) is 17.9 Å². The van der Waals surface area contributed by atoms with Gasteiger partial charge in [0.05, 0.1) is 17.7 Å². The first kappa shape index (κ1) is 18.6. The van der Waals surface area contributed by atoms with Crippen LogP contribution in [0.5, 0.6) is 5.75 Å². The minimum absolute atomic E-state index is 0.0489. The quantitative estimate of drug-likeness (QED) is 0.799. The Morgan fingerprint density at radius 2 is 1.73 bits per heavy atom. The Labute approximate surface area is 150 Å². The fraction of sp³-hybridized carbons (Fsp3) is 0.333. The Bertz CT molecular complexity index is 897. The summed E-state index contributed by atoms with van der Waals surface area (Å²) in [7, 11) is -3.84. The Balaban J connectivity index is 1.93. The van der Waals surface area contributed by atoms with E-state index in [9.17, 15) is 21.6 Å². The zero-order valence-corrected chi connectivity index (χ0v) is 14.8. The van der Waals surface area contributed by atoms with Crippen LogP contribution in [0.4, 0.5) is 18.9 Å². The molecule has 0 saturated carbocycles. The van der Waals surface area contributed by atoms with E-state index >= 15 is 0 Å². The average molecular weight is 385 g/mol. The van der Waals surface area contributed by atoms with Crippen molar-refractivity contribution in [2.24, 2.45) is 0 Å². The van der Waals surface area contributed by atoms with E-state index in [-0.39, 0.29) is 11.6 Å². The summed E-state index contributed by atoms with van der Waals surface area (Å²) in [5, 5.41) is 0. The van der Waals surface area contributed by atoms with E-state index in [0.717, 1.165) is 17.4 Å². The Morgan fingerprint density at radius 1 is 1.08 bits per heavy atom. The van der Waals surface area contributed by atoms with Crippen LogP contribution in [0.15, 0.2) is 53.4 Å². The second kappa shape index (κ2) is 6.83. The van der Waals surface area contributed by atoms with Crippen molar-refractivity contribution in [3.8, 4) is 5.75 Å². The normalized spacial score (nSPS) is 18.2. The first-order chi connectivity index (χ1) is 12.3. The number of sulfone groups is 1. The second-order valence-corrected chi connectivity index (χ2v) is 8.00. The third-order valence-electron chi connectivity index (χ3n) is 4.57. The van der Waals surface area contributed by atoms with Gasteiger partial charge in [-0.1, -0.05) is 30.3 Å². The third-order valence-corrected chi connectivity index (χ3v) is 6.10. The molecule has 0 radical (unpaired) electrons. The van der Waals surface area contributed by atoms with Crippen molar-refractivity contribution >= 4 is 15.5 Å². The van der Waals surface area contributed by atoms with Crippen LogP contribution < -0.4 is 9.64 Å². The van der Waals surface area contributed by atoms with Gasteiger partial charge in [0.1, 0.15) is 5.75 Å². The number of alkyl halides is 3. The monoisotopic (exact) mass is 385 g/mol. The summed E-state index contributed by atoms with van der Waals surface area (Å²) in [4.78, 5) is 0.989. The van der Waals surface area contributed by atoms with Crippen LogP contribution in [0, 0.1) is 0 Å². The molecular formula is C18H18F3NO3S. The number of hydrogen-bond acceptors (Lipinski definition) is 4. The van der Waals surface area contributed by atoms with Crippen LogP contribution >= 0.6 is 0 Å². The summed E-state index contributed by atoms with van der Waals surface area (Å²) in [6, 6.07) is 12.8. The van der Waals surface area contributed by atoms with Gasteiger partial charge in [0.15, 0.2) is 0 Å². The van der Waals surface area contributed by atoms with Crippen LogP contribution in [-0.2, 0) is 9.84 Å².